The van der Waals surface area contributed by atoms with Crippen molar-refractivity contribution in [2.24, 2.45) is 0 Å². The topological polar surface area (TPSA) is 92.3 Å². The molecule has 2 aromatic rings. The predicted octanol–water partition coefficient (Wildman–Crippen LogP) is 3.14. The second-order valence-corrected chi connectivity index (χ2v) is 9.66. The van der Waals surface area contributed by atoms with Crippen LogP contribution in [0.1, 0.15) is 60.9 Å². The van der Waals surface area contributed by atoms with Crippen molar-refractivity contribution in [2.45, 2.75) is 63.5 Å². The molecule has 0 spiro atoms. The van der Waals surface area contributed by atoms with Gasteiger partial charge in [-0.25, -0.2) is 9.59 Å². The summed E-state index contributed by atoms with van der Waals surface area (Å²) in [6.07, 6.45) is 6.52. The van der Waals surface area contributed by atoms with E-state index in [-0.39, 0.29) is 31.5 Å². The minimum Gasteiger partial charge on any atom is -0.342 e. The highest BCUT2D eigenvalue weighted by molar-refractivity contribution is 6.33. The zero-order chi connectivity index (χ0) is 24.7. The first-order valence-corrected chi connectivity index (χ1v) is 12.7. The molecule has 1 saturated heterocycles. The van der Waals surface area contributed by atoms with Crippen LogP contribution in [0, 0.1) is 0 Å². The summed E-state index contributed by atoms with van der Waals surface area (Å²) in [6, 6.07) is 17.2. The van der Waals surface area contributed by atoms with Crippen molar-refractivity contribution in [3.05, 3.63) is 71.8 Å². The zero-order valence-electron chi connectivity index (χ0n) is 20.1. The summed E-state index contributed by atoms with van der Waals surface area (Å²) in [6.45, 7) is 0.560. The first-order chi connectivity index (χ1) is 17.0. The molecule has 1 aliphatic carbocycles. The van der Waals surface area contributed by atoms with Gasteiger partial charge in [-0.2, -0.15) is 4.48 Å². The van der Waals surface area contributed by atoms with Crippen molar-refractivity contribution in [3.63, 3.8) is 0 Å². The lowest BCUT2D eigenvalue weighted by Gasteiger charge is -2.32. The van der Waals surface area contributed by atoms with Crippen molar-refractivity contribution in [3.8, 4) is 0 Å². The van der Waals surface area contributed by atoms with Crippen molar-refractivity contribution < 1.29 is 23.7 Å². The molecule has 1 unspecified atom stereocenters. The van der Waals surface area contributed by atoms with Gasteiger partial charge in [-0.3, -0.25) is 9.59 Å². The fourth-order valence-corrected chi connectivity index (χ4v) is 5.27. The SMILES string of the molecule is O=C(NC1CCCCC1)C(=O)[N+]1(C(=O)C(Cc2ccccc2)NC(=O)c2ccccc2)CCCC1. The molecule has 2 aliphatic rings. The van der Waals surface area contributed by atoms with Gasteiger partial charge in [0.05, 0.1) is 13.1 Å². The molecule has 2 fully saturated rings. The van der Waals surface area contributed by atoms with Crippen LogP contribution in [-0.2, 0) is 20.8 Å². The van der Waals surface area contributed by atoms with Gasteiger partial charge in [0.1, 0.15) is 6.04 Å². The van der Waals surface area contributed by atoms with Gasteiger partial charge in [-0.05, 0) is 30.5 Å². The molecule has 2 aromatic carbocycles. The highest BCUT2D eigenvalue weighted by Gasteiger charge is 2.53. The maximum Gasteiger partial charge on any atom is 0.411 e. The Labute approximate surface area is 206 Å². The van der Waals surface area contributed by atoms with Gasteiger partial charge in [0.25, 0.3) is 5.91 Å². The first kappa shape index (κ1) is 24.8. The lowest BCUT2D eigenvalue weighted by Crippen LogP contribution is -2.65. The number of carbonyl (C=O) groups excluding carboxylic acids is 4. The summed E-state index contributed by atoms with van der Waals surface area (Å²) in [5.74, 6) is -2.18. The molecule has 7 heteroatoms. The predicted molar refractivity (Wildman–Crippen MR) is 132 cm³/mol. The molecular weight excluding hydrogens is 442 g/mol. The van der Waals surface area contributed by atoms with Gasteiger partial charge in [-0.1, -0.05) is 67.8 Å². The molecule has 7 nitrogen and oxygen atoms in total. The van der Waals surface area contributed by atoms with Crippen LogP contribution >= 0.6 is 0 Å². The fourth-order valence-electron chi connectivity index (χ4n) is 5.27. The Bertz CT molecular complexity index is 1040. The van der Waals surface area contributed by atoms with Crippen molar-refractivity contribution in [1.29, 1.82) is 0 Å². The number of benzene rings is 2. The third kappa shape index (κ3) is 5.85. The molecule has 1 atom stereocenters. The van der Waals surface area contributed by atoms with Crippen molar-refractivity contribution in [2.75, 3.05) is 13.1 Å². The Balaban J connectivity index is 1.58. The number of quaternary nitrogens is 1. The Hall–Kier alpha value is -3.32. The summed E-state index contributed by atoms with van der Waals surface area (Å²) in [5.41, 5.74) is 1.31. The van der Waals surface area contributed by atoms with E-state index in [4.69, 9.17) is 0 Å². The molecule has 1 saturated carbocycles. The van der Waals surface area contributed by atoms with Gasteiger partial charge in [-0.15, -0.1) is 0 Å². The number of rotatable bonds is 6. The average molecular weight is 477 g/mol. The fraction of sp³-hybridized carbons (Fsp3) is 0.429. The van der Waals surface area contributed by atoms with Gasteiger partial charge < -0.3 is 10.6 Å². The molecule has 0 radical (unpaired) electrons. The lowest BCUT2D eigenvalue weighted by molar-refractivity contribution is -0.762. The number of carbonyl (C=O) groups is 4. The molecule has 2 N–H and O–H groups in total. The minimum atomic E-state index is -0.936. The van der Waals surface area contributed by atoms with Gasteiger partial charge in [0, 0.05) is 30.9 Å². The number of hydrogen-bond acceptors (Lipinski definition) is 4. The number of nitrogens with zero attached hydrogens (tertiary/aromatic N) is 1. The highest BCUT2D eigenvalue weighted by Crippen LogP contribution is 2.25. The summed E-state index contributed by atoms with van der Waals surface area (Å²) < 4.78 is -0.537. The van der Waals surface area contributed by atoms with E-state index in [0.717, 1.165) is 37.7 Å². The maximum atomic E-state index is 14.0. The molecule has 35 heavy (non-hydrogen) atoms. The third-order valence-electron chi connectivity index (χ3n) is 7.20. The Kier molecular flexibility index (Phi) is 8.08. The van der Waals surface area contributed by atoms with Crippen LogP contribution in [0.4, 0.5) is 0 Å². The number of imide groups is 1. The van der Waals surface area contributed by atoms with E-state index in [1.807, 2.05) is 36.4 Å². The van der Waals surface area contributed by atoms with Crippen LogP contribution in [-0.4, -0.2) is 53.3 Å². The van der Waals surface area contributed by atoms with E-state index < -0.39 is 28.2 Å². The largest absolute Gasteiger partial charge is 0.411 e. The monoisotopic (exact) mass is 476 g/mol. The number of amides is 4. The smallest absolute Gasteiger partial charge is 0.342 e. The van der Waals surface area contributed by atoms with Crippen LogP contribution in [0.25, 0.3) is 0 Å². The molecular formula is C28H34N3O4+. The Morgan fingerprint density at radius 2 is 1.40 bits per heavy atom. The summed E-state index contributed by atoms with van der Waals surface area (Å²) >= 11 is 0. The standard InChI is InChI=1S/C28H33N3O4/c32-25(22-14-6-2-7-15-22)30-24(20-21-12-4-1-5-13-21)27(34)31(18-10-11-19-31)28(35)26(33)29-23-16-8-3-9-17-23/h1-2,4-7,12-15,23-24H,3,8-11,16-20H2,(H-,29,30,32,33)/p+1. The third-order valence-corrected chi connectivity index (χ3v) is 7.20. The van der Waals surface area contributed by atoms with Gasteiger partial charge in [0.15, 0.2) is 0 Å². The molecule has 0 aromatic heterocycles. The zero-order valence-corrected chi connectivity index (χ0v) is 20.1. The summed E-state index contributed by atoms with van der Waals surface area (Å²) in [5, 5.41) is 5.76. The van der Waals surface area contributed by atoms with Crippen LogP contribution in [0.2, 0.25) is 0 Å². The van der Waals surface area contributed by atoms with Crippen LogP contribution in [0.15, 0.2) is 60.7 Å². The number of hydrogen-bond donors (Lipinski definition) is 2. The molecule has 4 rings (SSSR count). The molecule has 1 aliphatic heterocycles. The van der Waals surface area contributed by atoms with E-state index in [1.54, 1.807) is 24.3 Å². The van der Waals surface area contributed by atoms with E-state index in [2.05, 4.69) is 10.6 Å². The van der Waals surface area contributed by atoms with E-state index in [1.165, 1.54) is 0 Å². The minimum absolute atomic E-state index is 0.0177. The normalized spacial score (nSPS) is 18.4. The summed E-state index contributed by atoms with van der Waals surface area (Å²) in [4.78, 5) is 53.6. The van der Waals surface area contributed by atoms with Gasteiger partial charge in [0.2, 0.25) is 0 Å². The Morgan fingerprint density at radius 1 is 0.800 bits per heavy atom. The molecule has 184 valence electrons. The molecule has 1 heterocycles. The average Bonchev–Trinajstić information content (AvgIpc) is 3.40. The van der Waals surface area contributed by atoms with E-state index in [0.29, 0.717) is 18.4 Å². The number of nitrogens with one attached hydrogen (secondary N) is 2. The van der Waals surface area contributed by atoms with Crippen molar-refractivity contribution in [1.82, 2.24) is 10.6 Å². The summed E-state index contributed by atoms with van der Waals surface area (Å²) in [7, 11) is 0. The molecule has 4 amide bonds. The first-order valence-electron chi connectivity index (χ1n) is 12.7. The Morgan fingerprint density at radius 3 is 2.03 bits per heavy atom. The maximum absolute atomic E-state index is 14.0. The molecule has 0 bridgehead atoms. The van der Waals surface area contributed by atoms with Crippen LogP contribution in [0.3, 0.4) is 0 Å². The van der Waals surface area contributed by atoms with Gasteiger partial charge >= 0.3 is 17.7 Å². The van der Waals surface area contributed by atoms with Crippen molar-refractivity contribution >= 4 is 23.6 Å². The number of likely N-dealkylation sites (tertiary alicyclic amines) is 1. The second-order valence-electron chi connectivity index (χ2n) is 9.66. The van der Waals surface area contributed by atoms with Crippen LogP contribution in [0.5, 0.6) is 0 Å². The van der Waals surface area contributed by atoms with E-state index in [9.17, 15) is 19.2 Å². The highest BCUT2D eigenvalue weighted by atomic mass is 16.2. The van der Waals surface area contributed by atoms with E-state index >= 15 is 0 Å². The quantitative estimate of drug-likeness (QED) is 0.495. The van der Waals surface area contributed by atoms with Crippen LogP contribution < -0.4 is 10.6 Å². The second kappa shape index (κ2) is 11.4. The lowest BCUT2D eigenvalue weighted by atomic mass is 9.95.